The summed E-state index contributed by atoms with van der Waals surface area (Å²) in [6.07, 6.45) is -0.163. The molecule has 14 heavy (non-hydrogen) atoms. The molecule has 2 unspecified atom stereocenters. The van der Waals surface area contributed by atoms with Crippen LogP contribution in [0, 0.1) is 0 Å². The molecule has 0 radical (unpaired) electrons. The predicted molar refractivity (Wildman–Crippen MR) is 50.1 cm³/mol. The van der Waals surface area contributed by atoms with E-state index in [1.165, 1.54) is 0 Å². The Kier molecular flexibility index (Phi) is 4.41. The van der Waals surface area contributed by atoms with Gasteiger partial charge in [-0.3, -0.25) is 0 Å². The van der Waals surface area contributed by atoms with Gasteiger partial charge in [0, 0.05) is 4.57 Å². The van der Waals surface area contributed by atoms with Gasteiger partial charge in [-0.1, -0.05) is 0 Å². The molecule has 1 aliphatic heterocycles. The topological polar surface area (TPSA) is 54.0 Å². The minimum absolute atomic E-state index is 0.163. The molecule has 6 heteroatoms. The molecule has 0 bridgehead atoms. The maximum Gasteiger partial charge on any atom is 0.697 e. The molecule has 0 aromatic rings. The molecule has 1 rings (SSSR count). The Bertz CT molecular complexity index is 206. The molecule has 2 atom stereocenters. The van der Waals surface area contributed by atoms with Gasteiger partial charge in [-0.15, -0.1) is 9.05 Å². The Labute approximate surface area is 84.6 Å². The zero-order chi connectivity index (χ0) is 10.6. The SMILES string of the molecule is CCO[P+](=O)OCC1COC(C)(C)O1. The van der Waals surface area contributed by atoms with Crippen molar-refractivity contribution in [2.45, 2.75) is 32.7 Å². The smallest absolute Gasteiger partial charge is 0.348 e. The highest BCUT2D eigenvalue weighted by Crippen LogP contribution is 2.27. The summed E-state index contributed by atoms with van der Waals surface area (Å²) in [7, 11) is -2.01. The van der Waals surface area contributed by atoms with E-state index in [1.807, 2.05) is 13.8 Å². The van der Waals surface area contributed by atoms with Crippen molar-refractivity contribution in [3.8, 4) is 0 Å². The van der Waals surface area contributed by atoms with Crippen LogP contribution in [0.5, 0.6) is 0 Å². The second-order valence-corrected chi connectivity index (χ2v) is 4.35. The quantitative estimate of drug-likeness (QED) is 0.666. The van der Waals surface area contributed by atoms with Crippen LogP contribution in [0.2, 0.25) is 0 Å². The summed E-state index contributed by atoms with van der Waals surface area (Å²) in [6.45, 7) is 6.49. The van der Waals surface area contributed by atoms with Crippen molar-refractivity contribution in [1.29, 1.82) is 0 Å². The highest BCUT2D eigenvalue weighted by atomic mass is 31.1. The van der Waals surface area contributed by atoms with Crippen molar-refractivity contribution in [3.63, 3.8) is 0 Å². The van der Waals surface area contributed by atoms with Crippen LogP contribution in [0.4, 0.5) is 0 Å². The highest BCUT2D eigenvalue weighted by Gasteiger charge is 2.35. The minimum Gasteiger partial charge on any atom is -0.348 e. The first kappa shape index (κ1) is 12.0. The summed E-state index contributed by atoms with van der Waals surface area (Å²) < 4.78 is 31.4. The first-order valence-corrected chi connectivity index (χ1v) is 5.68. The monoisotopic (exact) mass is 223 g/mol. The van der Waals surface area contributed by atoms with Crippen LogP contribution in [0.25, 0.3) is 0 Å². The molecule has 82 valence electrons. The Morgan fingerprint density at radius 2 is 2.21 bits per heavy atom. The summed E-state index contributed by atoms with van der Waals surface area (Å²) in [6, 6.07) is 0. The van der Waals surface area contributed by atoms with Crippen LogP contribution in [0.15, 0.2) is 0 Å². The molecule has 1 aliphatic rings. The van der Waals surface area contributed by atoms with Gasteiger partial charge < -0.3 is 9.47 Å². The molecule has 1 heterocycles. The molecule has 0 N–H and O–H groups in total. The van der Waals surface area contributed by atoms with Gasteiger partial charge in [0.25, 0.3) is 0 Å². The largest absolute Gasteiger partial charge is 0.697 e. The summed E-state index contributed by atoms with van der Waals surface area (Å²) >= 11 is 0. The zero-order valence-corrected chi connectivity index (χ0v) is 9.58. The Morgan fingerprint density at radius 1 is 1.50 bits per heavy atom. The molecule has 0 saturated carbocycles. The Hall–Kier alpha value is -0.0600. The normalized spacial score (nSPS) is 26.5. The second kappa shape index (κ2) is 5.14. The van der Waals surface area contributed by atoms with Crippen LogP contribution in [0.3, 0.4) is 0 Å². The maximum absolute atomic E-state index is 11.0. The summed E-state index contributed by atoms with van der Waals surface area (Å²) in [5, 5.41) is 0. The van der Waals surface area contributed by atoms with E-state index in [0.29, 0.717) is 13.2 Å². The zero-order valence-electron chi connectivity index (χ0n) is 8.69. The summed E-state index contributed by atoms with van der Waals surface area (Å²) in [5.74, 6) is -0.564. The number of hydrogen-bond acceptors (Lipinski definition) is 5. The van der Waals surface area contributed by atoms with E-state index in [2.05, 4.69) is 0 Å². The standard InChI is InChI=1S/C8H16O5P/c1-4-11-14(9)12-6-7-5-10-8(2,3)13-7/h7H,4-6H2,1-3H3/q+1. The fourth-order valence-electron chi connectivity index (χ4n) is 1.13. The van der Waals surface area contributed by atoms with E-state index < -0.39 is 14.0 Å². The first-order valence-electron chi connectivity index (χ1n) is 4.58. The van der Waals surface area contributed by atoms with Crippen molar-refractivity contribution in [1.82, 2.24) is 0 Å². The average Bonchev–Trinajstić information content (AvgIpc) is 2.43. The number of ether oxygens (including phenoxy) is 2. The van der Waals surface area contributed by atoms with Crippen LogP contribution < -0.4 is 0 Å². The molecule has 0 amide bonds. The molecule has 0 aromatic heterocycles. The van der Waals surface area contributed by atoms with Crippen LogP contribution in [-0.2, 0) is 23.1 Å². The van der Waals surface area contributed by atoms with Crippen molar-refractivity contribution in [2.24, 2.45) is 0 Å². The van der Waals surface area contributed by atoms with E-state index in [-0.39, 0.29) is 12.7 Å². The van der Waals surface area contributed by atoms with Gasteiger partial charge in [0.15, 0.2) is 5.79 Å². The van der Waals surface area contributed by atoms with Gasteiger partial charge in [-0.2, -0.15) is 0 Å². The molecule has 0 aliphatic carbocycles. The van der Waals surface area contributed by atoms with Crippen molar-refractivity contribution in [3.05, 3.63) is 0 Å². The fraction of sp³-hybridized carbons (Fsp3) is 1.00. The fourth-order valence-corrected chi connectivity index (χ4v) is 1.71. The van der Waals surface area contributed by atoms with Gasteiger partial charge in [0.1, 0.15) is 19.3 Å². The van der Waals surface area contributed by atoms with Gasteiger partial charge in [0.05, 0.1) is 6.61 Å². The second-order valence-electron chi connectivity index (χ2n) is 3.39. The van der Waals surface area contributed by atoms with E-state index in [4.69, 9.17) is 18.5 Å². The predicted octanol–water partition coefficient (Wildman–Crippen LogP) is 1.85. The maximum atomic E-state index is 11.0. The lowest BCUT2D eigenvalue weighted by Crippen LogP contribution is -2.23. The Balaban J connectivity index is 2.17. The van der Waals surface area contributed by atoms with E-state index in [1.54, 1.807) is 6.92 Å². The summed E-state index contributed by atoms with van der Waals surface area (Å²) in [5.41, 5.74) is 0. The van der Waals surface area contributed by atoms with Crippen molar-refractivity contribution in [2.75, 3.05) is 19.8 Å². The molecule has 1 fully saturated rings. The van der Waals surface area contributed by atoms with Crippen molar-refractivity contribution < 1.29 is 23.1 Å². The lowest BCUT2D eigenvalue weighted by molar-refractivity contribution is -0.141. The lowest BCUT2D eigenvalue weighted by Gasteiger charge is -2.15. The third kappa shape index (κ3) is 3.98. The third-order valence-corrected chi connectivity index (χ3v) is 2.50. The highest BCUT2D eigenvalue weighted by molar-refractivity contribution is 7.33. The van der Waals surface area contributed by atoms with Gasteiger partial charge in [-0.05, 0) is 20.8 Å². The van der Waals surface area contributed by atoms with Crippen LogP contribution in [0.1, 0.15) is 20.8 Å². The van der Waals surface area contributed by atoms with Gasteiger partial charge in [0.2, 0.25) is 0 Å². The van der Waals surface area contributed by atoms with Crippen LogP contribution in [-0.4, -0.2) is 31.7 Å². The van der Waals surface area contributed by atoms with E-state index in [9.17, 15) is 4.57 Å². The molecular weight excluding hydrogens is 207 g/mol. The number of hydrogen-bond donors (Lipinski definition) is 0. The molecule has 1 saturated heterocycles. The molecule has 5 nitrogen and oxygen atoms in total. The Morgan fingerprint density at radius 3 is 2.71 bits per heavy atom. The van der Waals surface area contributed by atoms with Gasteiger partial charge >= 0.3 is 8.25 Å². The molecule has 0 aromatic carbocycles. The van der Waals surface area contributed by atoms with Crippen molar-refractivity contribution >= 4 is 8.25 Å². The summed E-state index contributed by atoms with van der Waals surface area (Å²) in [4.78, 5) is 0. The third-order valence-electron chi connectivity index (χ3n) is 1.67. The van der Waals surface area contributed by atoms with E-state index in [0.717, 1.165) is 0 Å². The minimum atomic E-state index is -2.01. The molecule has 0 spiro atoms. The van der Waals surface area contributed by atoms with Gasteiger partial charge in [-0.25, -0.2) is 0 Å². The van der Waals surface area contributed by atoms with Crippen LogP contribution >= 0.6 is 8.25 Å². The molecular formula is C8H16O5P+. The average molecular weight is 223 g/mol. The first-order chi connectivity index (χ1) is 6.53. The van der Waals surface area contributed by atoms with E-state index >= 15 is 0 Å². The lowest BCUT2D eigenvalue weighted by atomic mass is 10.4. The number of rotatable bonds is 5.